The number of alkyl halides is 3. The molecule has 4 aromatic rings. The molecular weight excluding hydrogens is 485 g/mol. The lowest BCUT2D eigenvalue weighted by Crippen LogP contribution is -2.34. The van der Waals surface area contributed by atoms with Gasteiger partial charge in [-0.3, -0.25) is 10.1 Å². The maximum Gasteiger partial charge on any atom is 0.416 e. The second-order valence-electron chi connectivity index (χ2n) is 8.91. The minimum atomic E-state index is -4.60. The van der Waals surface area contributed by atoms with E-state index in [1.807, 2.05) is 12.3 Å². The fourth-order valence-electron chi connectivity index (χ4n) is 4.73. The van der Waals surface area contributed by atoms with Gasteiger partial charge in [0, 0.05) is 29.1 Å². The molecule has 1 aliphatic carbocycles. The smallest absolute Gasteiger partial charge is 0.383 e. The Morgan fingerprint density at radius 2 is 1.78 bits per heavy atom. The molecule has 190 valence electrons. The number of fused-ring (bicyclic) bond motifs is 1. The Kier molecular flexibility index (Phi) is 6.28. The predicted octanol–water partition coefficient (Wildman–Crippen LogP) is 5.78. The Morgan fingerprint density at radius 3 is 2.54 bits per heavy atom. The molecule has 1 fully saturated rings. The standard InChI is InChI=1S/C26H23F3N6O2/c27-26(28,29)17-7-3-6-16(11-17)24(36)34-25(37)33-18-8-4-5-15(12-18)20-13-35(19-9-1-2-10-19)23-21(20)22(30)31-14-32-23/h3-8,11-14,19H,1-2,9-10H2,(H2,30,31,32)(H2,33,34,36,37). The molecule has 0 bridgehead atoms. The van der Waals surface area contributed by atoms with E-state index in [9.17, 15) is 22.8 Å². The molecule has 37 heavy (non-hydrogen) atoms. The molecule has 11 heteroatoms. The first-order valence-corrected chi connectivity index (χ1v) is 11.7. The minimum Gasteiger partial charge on any atom is -0.383 e. The summed E-state index contributed by atoms with van der Waals surface area (Å²) in [6, 6.07) is 10.2. The molecule has 1 aliphatic rings. The summed E-state index contributed by atoms with van der Waals surface area (Å²) in [5, 5.41) is 5.34. The number of hydrogen-bond acceptors (Lipinski definition) is 5. The summed E-state index contributed by atoms with van der Waals surface area (Å²) in [5.74, 6) is -0.608. The number of benzene rings is 2. The van der Waals surface area contributed by atoms with Crippen molar-refractivity contribution in [2.45, 2.75) is 37.9 Å². The third-order valence-corrected chi connectivity index (χ3v) is 6.47. The first kappa shape index (κ1) is 24.3. The van der Waals surface area contributed by atoms with E-state index in [1.165, 1.54) is 12.4 Å². The average molecular weight is 509 g/mol. The maximum absolute atomic E-state index is 12.9. The van der Waals surface area contributed by atoms with Gasteiger partial charge in [0.25, 0.3) is 5.91 Å². The number of aromatic nitrogens is 3. The van der Waals surface area contributed by atoms with Gasteiger partial charge in [-0.15, -0.1) is 0 Å². The molecule has 2 aromatic carbocycles. The molecule has 8 nitrogen and oxygen atoms in total. The Labute approximate surface area is 209 Å². The highest BCUT2D eigenvalue weighted by Gasteiger charge is 2.31. The van der Waals surface area contributed by atoms with Crippen LogP contribution in [0, 0.1) is 0 Å². The van der Waals surface area contributed by atoms with Crippen LogP contribution in [0.3, 0.4) is 0 Å². The molecule has 3 amide bonds. The molecule has 0 saturated heterocycles. The van der Waals surface area contributed by atoms with Gasteiger partial charge in [0.15, 0.2) is 0 Å². The number of rotatable bonds is 4. The molecule has 1 saturated carbocycles. The van der Waals surface area contributed by atoms with Gasteiger partial charge in [-0.1, -0.05) is 31.0 Å². The number of nitrogen functional groups attached to an aromatic ring is 1. The van der Waals surface area contributed by atoms with Gasteiger partial charge in [-0.25, -0.2) is 14.8 Å². The van der Waals surface area contributed by atoms with Crippen LogP contribution in [0.25, 0.3) is 22.2 Å². The SMILES string of the molecule is Nc1ncnc2c1c(-c1cccc(NC(=O)NC(=O)c3cccc(C(F)(F)F)c3)c1)cn2C1CCCC1. The number of anilines is 2. The summed E-state index contributed by atoms with van der Waals surface area (Å²) >= 11 is 0. The van der Waals surface area contributed by atoms with Crippen molar-refractivity contribution in [2.75, 3.05) is 11.1 Å². The van der Waals surface area contributed by atoms with E-state index in [-0.39, 0.29) is 5.56 Å². The lowest BCUT2D eigenvalue weighted by atomic mass is 10.1. The minimum absolute atomic E-state index is 0.283. The summed E-state index contributed by atoms with van der Waals surface area (Å²) in [4.78, 5) is 33.4. The van der Waals surface area contributed by atoms with Crippen LogP contribution in [0.2, 0.25) is 0 Å². The normalized spacial score (nSPS) is 14.1. The fourth-order valence-corrected chi connectivity index (χ4v) is 4.73. The molecule has 5 rings (SSSR count). The van der Waals surface area contributed by atoms with E-state index in [2.05, 4.69) is 25.2 Å². The van der Waals surface area contributed by atoms with Crippen LogP contribution in [0.4, 0.5) is 29.5 Å². The molecule has 0 aliphatic heterocycles. The van der Waals surface area contributed by atoms with Crippen molar-refractivity contribution in [3.05, 3.63) is 72.2 Å². The third-order valence-electron chi connectivity index (χ3n) is 6.47. The Hall–Kier alpha value is -4.41. The van der Waals surface area contributed by atoms with Crippen molar-refractivity contribution in [3.63, 3.8) is 0 Å². The van der Waals surface area contributed by atoms with E-state index in [0.717, 1.165) is 60.0 Å². The average Bonchev–Trinajstić information content (AvgIpc) is 3.52. The van der Waals surface area contributed by atoms with Crippen LogP contribution in [-0.4, -0.2) is 26.5 Å². The topological polar surface area (TPSA) is 115 Å². The van der Waals surface area contributed by atoms with Gasteiger partial charge in [0.1, 0.15) is 17.8 Å². The first-order valence-electron chi connectivity index (χ1n) is 11.7. The highest BCUT2D eigenvalue weighted by molar-refractivity contribution is 6.08. The molecule has 2 heterocycles. The van der Waals surface area contributed by atoms with Crippen LogP contribution in [-0.2, 0) is 6.18 Å². The van der Waals surface area contributed by atoms with Gasteiger partial charge in [0.05, 0.1) is 10.9 Å². The number of nitrogens with one attached hydrogen (secondary N) is 2. The predicted molar refractivity (Wildman–Crippen MR) is 133 cm³/mol. The number of carbonyl (C=O) groups is 2. The van der Waals surface area contributed by atoms with Crippen molar-refractivity contribution in [1.82, 2.24) is 19.9 Å². The highest BCUT2D eigenvalue weighted by Crippen LogP contribution is 2.39. The fraction of sp³-hybridized carbons (Fsp3) is 0.231. The molecule has 0 atom stereocenters. The highest BCUT2D eigenvalue weighted by atomic mass is 19.4. The lowest BCUT2D eigenvalue weighted by molar-refractivity contribution is -0.137. The van der Waals surface area contributed by atoms with Crippen molar-refractivity contribution in [3.8, 4) is 11.1 Å². The van der Waals surface area contributed by atoms with Crippen LogP contribution >= 0.6 is 0 Å². The van der Waals surface area contributed by atoms with E-state index in [4.69, 9.17) is 5.73 Å². The van der Waals surface area contributed by atoms with Crippen molar-refractivity contribution in [2.24, 2.45) is 0 Å². The zero-order valence-electron chi connectivity index (χ0n) is 19.5. The summed E-state index contributed by atoms with van der Waals surface area (Å²) < 4.78 is 41.0. The van der Waals surface area contributed by atoms with Gasteiger partial charge in [-0.2, -0.15) is 13.2 Å². The summed E-state index contributed by atoms with van der Waals surface area (Å²) in [7, 11) is 0. The van der Waals surface area contributed by atoms with E-state index in [0.29, 0.717) is 23.6 Å². The number of carbonyl (C=O) groups excluding carboxylic acids is 2. The Morgan fingerprint density at radius 1 is 1.03 bits per heavy atom. The quantitative estimate of drug-likeness (QED) is 0.323. The van der Waals surface area contributed by atoms with Crippen molar-refractivity contribution in [1.29, 1.82) is 0 Å². The molecule has 4 N–H and O–H groups in total. The lowest BCUT2D eigenvalue weighted by Gasteiger charge is -2.12. The Bertz CT molecular complexity index is 1490. The number of hydrogen-bond donors (Lipinski definition) is 3. The maximum atomic E-state index is 12.9. The molecule has 0 radical (unpaired) electrons. The van der Waals surface area contributed by atoms with E-state index in [1.54, 1.807) is 18.2 Å². The van der Waals surface area contributed by atoms with Crippen molar-refractivity contribution < 1.29 is 22.8 Å². The second-order valence-corrected chi connectivity index (χ2v) is 8.91. The number of nitrogens with zero attached hydrogens (tertiary/aromatic N) is 3. The first-order chi connectivity index (χ1) is 17.7. The van der Waals surface area contributed by atoms with Crippen molar-refractivity contribution >= 4 is 34.5 Å². The van der Waals surface area contributed by atoms with Gasteiger partial charge >= 0.3 is 12.2 Å². The van der Waals surface area contributed by atoms with Crippen LogP contribution in [0.1, 0.15) is 47.6 Å². The monoisotopic (exact) mass is 508 g/mol. The molecule has 2 aromatic heterocycles. The number of amides is 3. The molecular formula is C26H23F3N6O2. The van der Waals surface area contributed by atoms with Crippen LogP contribution in [0.15, 0.2) is 61.1 Å². The van der Waals surface area contributed by atoms with Gasteiger partial charge < -0.3 is 15.6 Å². The largest absolute Gasteiger partial charge is 0.416 e. The van der Waals surface area contributed by atoms with Crippen LogP contribution < -0.4 is 16.4 Å². The zero-order chi connectivity index (χ0) is 26.2. The Balaban J connectivity index is 1.38. The summed E-state index contributed by atoms with van der Waals surface area (Å²) in [6.45, 7) is 0. The summed E-state index contributed by atoms with van der Waals surface area (Å²) in [6.07, 6.45) is 3.23. The zero-order valence-corrected chi connectivity index (χ0v) is 19.5. The number of imide groups is 1. The van der Waals surface area contributed by atoms with Gasteiger partial charge in [0.2, 0.25) is 0 Å². The van der Waals surface area contributed by atoms with Crippen LogP contribution in [0.5, 0.6) is 0 Å². The van der Waals surface area contributed by atoms with E-state index < -0.39 is 23.7 Å². The molecule has 0 spiro atoms. The second kappa shape index (κ2) is 9.57. The summed E-state index contributed by atoms with van der Waals surface area (Å²) in [5.41, 5.74) is 7.65. The van der Waals surface area contributed by atoms with Gasteiger partial charge in [-0.05, 0) is 48.7 Å². The van der Waals surface area contributed by atoms with E-state index >= 15 is 0 Å². The third kappa shape index (κ3) is 4.97. The molecule has 0 unspecified atom stereocenters. The number of nitrogens with two attached hydrogens (primary N) is 1. The number of halogens is 3. The number of urea groups is 1.